The van der Waals surface area contributed by atoms with Gasteiger partial charge in [-0.1, -0.05) is 18.2 Å². The number of ether oxygens (including phenoxy) is 2. The Kier molecular flexibility index (Phi) is 4.58. The van der Waals surface area contributed by atoms with Crippen molar-refractivity contribution >= 4 is 5.91 Å². The minimum absolute atomic E-state index is 0.144. The van der Waals surface area contributed by atoms with E-state index in [1.807, 2.05) is 42.5 Å². The molecule has 4 nitrogen and oxygen atoms in total. The fraction of sp³-hybridized carbons (Fsp3) is 0.409. The zero-order valence-electron chi connectivity index (χ0n) is 15.4. The largest absolute Gasteiger partial charge is 0.496 e. The molecule has 1 aliphatic heterocycles. The molecule has 0 saturated carbocycles. The maximum atomic E-state index is 13.1. The molecule has 2 unspecified atom stereocenters. The van der Waals surface area contributed by atoms with Gasteiger partial charge in [-0.15, -0.1) is 0 Å². The average molecular weight is 351 g/mol. The van der Waals surface area contributed by atoms with Gasteiger partial charge in [0.05, 0.1) is 14.2 Å². The van der Waals surface area contributed by atoms with Gasteiger partial charge in [0, 0.05) is 35.2 Å². The third-order valence-electron chi connectivity index (χ3n) is 5.84. The van der Waals surface area contributed by atoms with Crippen LogP contribution in [0.25, 0.3) is 0 Å². The van der Waals surface area contributed by atoms with Crippen LogP contribution in [0.1, 0.15) is 46.7 Å². The quantitative estimate of drug-likeness (QED) is 0.838. The van der Waals surface area contributed by atoms with Crippen molar-refractivity contribution in [3.05, 3.63) is 59.2 Å². The molecule has 26 heavy (non-hydrogen) atoms. The van der Waals surface area contributed by atoms with Crippen molar-refractivity contribution in [3.63, 3.8) is 0 Å². The predicted octanol–water partition coefficient (Wildman–Crippen LogP) is 4.04. The maximum Gasteiger partial charge on any atom is 0.254 e. The van der Waals surface area contributed by atoms with Crippen molar-refractivity contribution in [2.45, 2.75) is 37.6 Å². The first-order valence-corrected chi connectivity index (χ1v) is 9.34. The minimum Gasteiger partial charge on any atom is -0.496 e. The molecule has 1 fully saturated rings. The molecule has 1 heterocycles. The third-order valence-corrected chi connectivity index (χ3v) is 5.84. The summed E-state index contributed by atoms with van der Waals surface area (Å²) in [5, 5.41) is 0. The summed E-state index contributed by atoms with van der Waals surface area (Å²) >= 11 is 0. The second kappa shape index (κ2) is 7.02. The van der Waals surface area contributed by atoms with E-state index < -0.39 is 0 Å². The number of amides is 1. The molecule has 2 atom stereocenters. The molecule has 2 aromatic rings. The van der Waals surface area contributed by atoms with Crippen LogP contribution in [0.4, 0.5) is 0 Å². The number of fused-ring (bicyclic) bond motifs is 3. The molecule has 4 rings (SSSR count). The maximum absolute atomic E-state index is 13.1. The summed E-state index contributed by atoms with van der Waals surface area (Å²) < 4.78 is 11.3. The van der Waals surface area contributed by atoms with Crippen LogP contribution in [-0.2, 0) is 6.42 Å². The van der Waals surface area contributed by atoms with E-state index in [1.165, 1.54) is 11.1 Å². The van der Waals surface area contributed by atoms with Gasteiger partial charge >= 0.3 is 0 Å². The number of carbonyl (C=O) groups is 1. The molecule has 0 N–H and O–H groups in total. The van der Waals surface area contributed by atoms with Crippen molar-refractivity contribution in [2.75, 3.05) is 20.8 Å². The van der Waals surface area contributed by atoms with E-state index in [0.717, 1.165) is 49.3 Å². The Morgan fingerprint density at radius 2 is 1.73 bits per heavy atom. The lowest BCUT2D eigenvalue weighted by Crippen LogP contribution is -2.49. The highest BCUT2D eigenvalue weighted by Crippen LogP contribution is 2.47. The molecule has 2 aliphatic rings. The van der Waals surface area contributed by atoms with Crippen LogP contribution in [0.2, 0.25) is 0 Å². The van der Waals surface area contributed by atoms with Crippen LogP contribution >= 0.6 is 0 Å². The average Bonchev–Trinajstić information content (AvgIpc) is 2.72. The van der Waals surface area contributed by atoms with Crippen molar-refractivity contribution < 1.29 is 14.3 Å². The minimum atomic E-state index is 0.144. The molecule has 1 saturated heterocycles. The van der Waals surface area contributed by atoms with Crippen molar-refractivity contribution in [3.8, 4) is 11.5 Å². The fourth-order valence-electron chi connectivity index (χ4n) is 4.70. The number of carbonyl (C=O) groups excluding carboxylic acids is 1. The Hall–Kier alpha value is -2.49. The van der Waals surface area contributed by atoms with Gasteiger partial charge in [-0.3, -0.25) is 4.79 Å². The van der Waals surface area contributed by atoms with E-state index in [9.17, 15) is 4.79 Å². The van der Waals surface area contributed by atoms with Gasteiger partial charge in [-0.2, -0.15) is 0 Å². The molecule has 1 aliphatic carbocycles. The van der Waals surface area contributed by atoms with E-state index in [2.05, 4.69) is 4.90 Å². The lowest BCUT2D eigenvalue weighted by molar-refractivity contribution is 0.0543. The van der Waals surface area contributed by atoms with Gasteiger partial charge in [-0.05, 0) is 49.9 Å². The summed E-state index contributed by atoms with van der Waals surface area (Å²) in [6, 6.07) is 13.8. The second-order valence-corrected chi connectivity index (χ2v) is 7.08. The topological polar surface area (TPSA) is 38.8 Å². The van der Waals surface area contributed by atoms with E-state index in [0.29, 0.717) is 5.92 Å². The lowest BCUT2D eigenvalue weighted by Gasteiger charge is -2.45. The van der Waals surface area contributed by atoms with E-state index in [1.54, 1.807) is 14.2 Å². The first-order valence-electron chi connectivity index (χ1n) is 9.34. The van der Waals surface area contributed by atoms with Crippen molar-refractivity contribution in [1.82, 2.24) is 4.90 Å². The first kappa shape index (κ1) is 17.0. The Labute approximate surface area is 154 Å². The Bertz CT molecular complexity index is 803. The molecule has 4 heteroatoms. The van der Waals surface area contributed by atoms with Crippen molar-refractivity contribution in [1.29, 1.82) is 0 Å². The van der Waals surface area contributed by atoms with Gasteiger partial charge in [0.1, 0.15) is 11.5 Å². The predicted molar refractivity (Wildman–Crippen MR) is 101 cm³/mol. The van der Waals surface area contributed by atoms with Crippen LogP contribution < -0.4 is 9.47 Å². The first-order chi connectivity index (χ1) is 12.7. The van der Waals surface area contributed by atoms with Crippen LogP contribution in [0.15, 0.2) is 42.5 Å². The standard InChI is InChI=1S/C22H25NO3/c1-25-19-12-13-20(26-2)21-16-9-6-14-23(18(16)11-10-17(19)21)22(24)15-7-4-3-5-8-15/h3-5,7-8,12-13,16,18H,6,9-11,14H2,1-2H3. The van der Waals surface area contributed by atoms with Gasteiger partial charge in [-0.25, -0.2) is 0 Å². The number of hydrogen-bond acceptors (Lipinski definition) is 3. The van der Waals surface area contributed by atoms with Gasteiger partial charge in [0.15, 0.2) is 0 Å². The van der Waals surface area contributed by atoms with Crippen LogP contribution in [0.3, 0.4) is 0 Å². The van der Waals surface area contributed by atoms with E-state index in [-0.39, 0.29) is 11.9 Å². The second-order valence-electron chi connectivity index (χ2n) is 7.08. The lowest BCUT2D eigenvalue weighted by atomic mass is 9.73. The number of rotatable bonds is 3. The molecule has 2 aromatic carbocycles. The van der Waals surface area contributed by atoms with E-state index in [4.69, 9.17) is 9.47 Å². The summed E-state index contributed by atoms with van der Waals surface area (Å²) in [5.41, 5.74) is 3.27. The van der Waals surface area contributed by atoms with Crippen LogP contribution in [-0.4, -0.2) is 37.6 Å². The van der Waals surface area contributed by atoms with Gasteiger partial charge in [0.2, 0.25) is 0 Å². The summed E-state index contributed by atoms with van der Waals surface area (Å²) in [5.74, 6) is 2.31. The summed E-state index contributed by atoms with van der Waals surface area (Å²) in [4.78, 5) is 15.2. The summed E-state index contributed by atoms with van der Waals surface area (Å²) in [6.45, 7) is 0.830. The normalized spacial score (nSPS) is 21.5. The number of hydrogen-bond donors (Lipinski definition) is 0. The number of methoxy groups -OCH3 is 2. The van der Waals surface area contributed by atoms with Crippen LogP contribution in [0.5, 0.6) is 11.5 Å². The van der Waals surface area contributed by atoms with E-state index >= 15 is 0 Å². The number of likely N-dealkylation sites (tertiary alicyclic amines) is 1. The highest BCUT2D eigenvalue weighted by atomic mass is 16.5. The fourth-order valence-corrected chi connectivity index (χ4v) is 4.70. The Morgan fingerprint density at radius 3 is 2.46 bits per heavy atom. The molecule has 0 bridgehead atoms. The highest BCUT2D eigenvalue weighted by molar-refractivity contribution is 5.94. The SMILES string of the molecule is COc1ccc(OC)c2c1CCC1C2CCCN1C(=O)c1ccccc1. The molecule has 0 radical (unpaired) electrons. The number of benzene rings is 2. The van der Waals surface area contributed by atoms with Crippen molar-refractivity contribution in [2.24, 2.45) is 0 Å². The molecular formula is C22H25NO3. The number of nitrogens with zero attached hydrogens (tertiary/aromatic N) is 1. The molecule has 1 amide bonds. The summed E-state index contributed by atoms with van der Waals surface area (Å²) in [7, 11) is 3.45. The molecular weight excluding hydrogens is 326 g/mol. The molecule has 0 spiro atoms. The van der Waals surface area contributed by atoms with Crippen LogP contribution in [0, 0.1) is 0 Å². The zero-order valence-corrected chi connectivity index (χ0v) is 15.4. The zero-order chi connectivity index (χ0) is 18.1. The Morgan fingerprint density at radius 1 is 1.00 bits per heavy atom. The smallest absolute Gasteiger partial charge is 0.254 e. The monoisotopic (exact) mass is 351 g/mol. The molecule has 0 aromatic heterocycles. The van der Waals surface area contributed by atoms with Gasteiger partial charge in [0.25, 0.3) is 5.91 Å². The number of piperidine rings is 1. The highest BCUT2D eigenvalue weighted by Gasteiger charge is 2.41. The Balaban J connectivity index is 1.72. The van der Waals surface area contributed by atoms with Gasteiger partial charge < -0.3 is 14.4 Å². The summed E-state index contributed by atoms with van der Waals surface area (Å²) in [6.07, 6.45) is 3.98. The molecule has 136 valence electrons. The third kappa shape index (κ3) is 2.74.